The number of nitrogens with zero attached hydrogens (tertiary/aromatic N) is 3. The average Bonchev–Trinajstić information content (AvgIpc) is 3.61. The van der Waals surface area contributed by atoms with E-state index >= 15 is 0 Å². The van der Waals surface area contributed by atoms with Crippen LogP contribution in [0.15, 0.2) is 36.5 Å². The molecule has 1 amide bonds. The van der Waals surface area contributed by atoms with Gasteiger partial charge in [-0.3, -0.25) is 14.5 Å². The molecule has 0 unspecified atom stereocenters. The summed E-state index contributed by atoms with van der Waals surface area (Å²) in [5, 5.41) is 0. The van der Waals surface area contributed by atoms with Crippen molar-refractivity contribution < 1.29 is 28.2 Å². The van der Waals surface area contributed by atoms with Gasteiger partial charge in [0.05, 0.1) is 18.2 Å². The number of fused-ring (bicyclic) bond motifs is 3. The molecular weight excluding hydrogens is 453 g/mol. The molecule has 4 aliphatic heterocycles. The molecule has 1 aromatic carbocycles. The zero-order valence-electron chi connectivity index (χ0n) is 19.1. The van der Waals surface area contributed by atoms with Crippen LogP contribution in [0.1, 0.15) is 41.7 Å². The van der Waals surface area contributed by atoms with E-state index in [-0.39, 0.29) is 54.5 Å². The number of benzene rings is 1. The van der Waals surface area contributed by atoms with E-state index in [4.69, 9.17) is 14.2 Å². The van der Waals surface area contributed by atoms with E-state index in [2.05, 4.69) is 9.88 Å². The third-order valence-electron chi connectivity index (χ3n) is 8.10. The van der Waals surface area contributed by atoms with E-state index in [0.29, 0.717) is 19.0 Å². The number of likely N-dealkylation sites (tertiary alicyclic amines) is 1. The lowest BCUT2D eigenvalue weighted by Crippen LogP contribution is -2.58. The predicted molar refractivity (Wildman–Crippen MR) is 120 cm³/mol. The predicted octanol–water partition coefficient (Wildman–Crippen LogP) is 2.76. The zero-order valence-corrected chi connectivity index (χ0v) is 19.1. The lowest BCUT2D eigenvalue weighted by molar-refractivity contribution is -0.153. The fraction of sp³-hybridized carbons (Fsp3) is 0.500. The molecule has 7 rings (SSSR count). The molecule has 8 nitrogen and oxygen atoms in total. The monoisotopic (exact) mass is 479 g/mol. The van der Waals surface area contributed by atoms with Crippen LogP contribution in [-0.4, -0.2) is 64.2 Å². The summed E-state index contributed by atoms with van der Waals surface area (Å²) < 4.78 is 30.6. The van der Waals surface area contributed by atoms with Crippen LogP contribution in [0.5, 0.6) is 11.5 Å². The van der Waals surface area contributed by atoms with Crippen molar-refractivity contribution >= 4 is 11.9 Å². The molecule has 1 aliphatic carbocycles. The molecule has 35 heavy (non-hydrogen) atoms. The summed E-state index contributed by atoms with van der Waals surface area (Å²) in [6, 6.07) is 8.51. The number of amides is 1. The first-order valence-corrected chi connectivity index (χ1v) is 12.3. The van der Waals surface area contributed by atoms with Gasteiger partial charge in [-0.25, -0.2) is 9.37 Å². The minimum Gasteiger partial charge on any atom is -0.458 e. The van der Waals surface area contributed by atoms with Gasteiger partial charge in [0.2, 0.25) is 6.79 Å². The molecule has 3 saturated heterocycles. The van der Waals surface area contributed by atoms with Crippen molar-refractivity contribution in [3.05, 3.63) is 53.6 Å². The molecule has 1 saturated carbocycles. The van der Waals surface area contributed by atoms with Gasteiger partial charge in [0.25, 0.3) is 5.91 Å². The number of ether oxygens (including phenoxy) is 3. The fourth-order valence-electron chi connectivity index (χ4n) is 6.39. The number of rotatable bonds is 5. The smallest absolute Gasteiger partial charge is 0.309 e. The van der Waals surface area contributed by atoms with E-state index in [9.17, 15) is 14.0 Å². The Balaban J connectivity index is 1.21. The highest BCUT2D eigenvalue weighted by Gasteiger charge is 2.61. The van der Waals surface area contributed by atoms with Gasteiger partial charge in [-0.1, -0.05) is 6.07 Å². The van der Waals surface area contributed by atoms with Gasteiger partial charge in [-0.2, -0.15) is 0 Å². The molecule has 5 atom stereocenters. The van der Waals surface area contributed by atoms with Crippen molar-refractivity contribution in [2.45, 2.75) is 56.5 Å². The van der Waals surface area contributed by atoms with Gasteiger partial charge in [-0.15, -0.1) is 0 Å². The number of hydrogen-bond acceptors (Lipinski definition) is 7. The number of aromatic nitrogens is 1. The van der Waals surface area contributed by atoms with Gasteiger partial charge < -0.3 is 19.1 Å². The van der Waals surface area contributed by atoms with Crippen molar-refractivity contribution in [1.29, 1.82) is 0 Å². The molecule has 2 aromatic rings. The van der Waals surface area contributed by atoms with Crippen molar-refractivity contribution in [3.63, 3.8) is 0 Å². The second kappa shape index (κ2) is 7.91. The molecule has 1 aromatic heterocycles. The molecule has 9 heteroatoms. The first-order valence-electron chi connectivity index (χ1n) is 12.3. The summed E-state index contributed by atoms with van der Waals surface area (Å²) in [7, 11) is 0. The number of piperidine rings is 2. The van der Waals surface area contributed by atoms with E-state index < -0.39 is 5.82 Å². The molecule has 0 N–H and O–H groups in total. The molecular formula is C26H26FN3O5. The largest absolute Gasteiger partial charge is 0.458 e. The van der Waals surface area contributed by atoms with Crippen LogP contribution in [0, 0.1) is 17.7 Å². The summed E-state index contributed by atoms with van der Waals surface area (Å²) in [6.07, 6.45) is 4.23. The lowest BCUT2D eigenvalue weighted by Gasteiger charge is -2.46. The molecule has 5 heterocycles. The third kappa shape index (κ3) is 3.55. The van der Waals surface area contributed by atoms with Gasteiger partial charge in [-0.05, 0) is 61.4 Å². The highest BCUT2D eigenvalue weighted by molar-refractivity contribution is 5.92. The Morgan fingerprint density at radius 2 is 1.91 bits per heavy atom. The Kier molecular flexibility index (Phi) is 4.77. The van der Waals surface area contributed by atoms with Gasteiger partial charge in [0.1, 0.15) is 17.6 Å². The first kappa shape index (κ1) is 21.1. The van der Waals surface area contributed by atoms with Gasteiger partial charge in [0.15, 0.2) is 11.5 Å². The Hall–Kier alpha value is -3.20. The van der Waals surface area contributed by atoms with Crippen molar-refractivity contribution in [1.82, 2.24) is 14.8 Å². The number of carbonyl (C=O) groups is 2. The maximum atomic E-state index is 13.5. The number of pyridine rings is 1. The normalized spacial score (nSPS) is 30.5. The third-order valence-corrected chi connectivity index (χ3v) is 8.10. The standard InChI is InChI=1S/C26H26FN3O5/c27-17-4-5-18(28-10-17)25(31)30-12-15-7-19-23(30)24(35-26(32)16-2-3-16)20(8-15)29(19)11-14-1-6-21-22(9-14)34-13-33-21/h1,4-6,9-10,15-16,19-20,23-24H,2-3,7-8,11-13H2/t15-,19-,20+,23-,24+/m0/s1. The summed E-state index contributed by atoms with van der Waals surface area (Å²) >= 11 is 0. The lowest BCUT2D eigenvalue weighted by atomic mass is 9.86. The molecule has 182 valence electrons. The maximum Gasteiger partial charge on any atom is 0.309 e. The quantitative estimate of drug-likeness (QED) is 0.610. The number of halogens is 1. The van der Waals surface area contributed by atoms with Crippen LogP contribution < -0.4 is 9.47 Å². The summed E-state index contributed by atoms with van der Waals surface area (Å²) in [5.41, 5.74) is 1.31. The van der Waals surface area contributed by atoms with Crippen LogP contribution >= 0.6 is 0 Å². The van der Waals surface area contributed by atoms with Crippen LogP contribution in [0.4, 0.5) is 4.39 Å². The molecule has 5 aliphatic rings. The SMILES string of the molecule is O=C(O[C@H]1[C@@H]2[C@@H]3C[C@@H](C[C@H]1N3Cc1ccc3c(c1)OCO3)CN2C(=O)c1ccc(F)cn1)C1CC1. The van der Waals surface area contributed by atoms with Crippen molar-refractivity contribution in [3.8, 4) is 11.5 Å². The van der Waals surface area contributed by atoms with Crippen molar-refractivity contribution in [2.75, 3.05) is 13.3 Å². The summed E-state index contributed by atoms with van der Waals surface area (Å²) in [5.74, 6) is 0.927. The topological polar surface area (TPSA) is 81.2 Å². The van der Waals surface area contributed by atoms with Crippen LogP contribution in [0.2, 0.25) is 0 Å². The van der Waals surface area contributed by atoms with E-state index in [0.717, 1.165) is 48.9 Å². The molecule has 0 radical (unpaired) electrons. The average molecular weight is 480 g/mol. The Morgan fingerprint density at radius 3 is 2.71 bits per heavy atom. The summed E-state index contributed by atoms with van der Waals surface area (Å²) in [6.45, 7) is 1.50. The summed E-state index contributed by atoms with van der Waals surface area (Å²) in [4.78, 5) is 34.6. The maximum absolute atomic E-state index is 13.5. The molecule has 0 spiro atoms. The van der Waals surface area contributed by atoms with Gasteiger partial charge >= 0.3 is 5.97 Å². The van der Waals surface area contributed by atoms with E-state index in [1.807, 2.05) is 23.1 Å². The van der Waals surface area contributed by atoms with Crippen LogP contribution in [-0.2, 0) is 16.1 Å². The highest BCUT2D eigenvalue weighted by Crippen LogP contribution is 2.48. The molecule has 3 bridgehead atoms. The number of carbonyl (C=O) groups excluding carboxylic acids is 2. The number of esters is 1. The second-order valence-corrected chi connectivity index (χ2v) is 10.3. The highest BCUT2D eigenvalue weighted by atomic mass is 19.1. The minimum atomic E-state index is -0.479. The zero-order chi connectivity index (χ0) is 23.7. The van der Waals surface area contributed by atoms with E-state index in [1.165, 1.54) is 12.1 Å². The van der Waals surface area contributed by atoms with E-state index in [1.54, 1.807) is 0 Å². The number of hydrogen-bond donors (Lipinski definition) is 0. The second-order valence-electron chi connectivity index (χ2n) is 10.3. The minimum absolute atomic E-state index is 0.0159. The van der Waals surface area contributed by atoms with Crippen LogP contribution in [0.3, 0.4) is 0 Å². The van der Waals surface area contributed by atoms with Crippen LogP contribution in [0.25, 0.3) is 0 Å². The Bertz CT molecular complexity index is 1190. The van der Waals surface area contributed by atoms with Gasteiger partial charge in [0, 0.05) is 25.2 Å². The first-order chi connectivity index (χ1) is 17.0. The fourth-order valence-corrected chi connectivity index (χ4v) is 6.39. The Labute approximate surface area is 202 Å². The molecule has 4 fully saturated rings. The van der Waals surface area contributed by atoms with Crippen molar-refractivity contribution in [2.24, 2.45) is 11.8 Å². The Morgan fingerprint density at radius 1 is 1.09 bits per heavy atom.